The number of ether oxygens (including phenoxy) is 1. The predicted molar refractivity (Wildman–Crippen MR) is 75.0 cm³/mol. The SMILES string of the molecule is CC(C)(N)C(=O)N1CCO[C@H](c2ccccc2Cl)C1. The van der Waals surface area contributed by atoms with Crippen LogP contribution in [0.25, 0.3) is 0 Å². The molecule has 1 aliphatic rings. The molecule has 1 atom stereocenters. The van der Waals surface area contributed by atoms with E-state index in [2.05, 4.69) is 0 Å². The first-order valence-electron chi connectivity index (χ1n) is 6.34. The van der Waals surface area contributed by atoms with E-state index in [1.165, 1.54) is 0 Å². The van der Waals surface area contributed by atoms with Gasteiger partial charge in [0.15, 0.2) is 0 Å². The van der Waals surface area contributed by atoms with Gasteiger partial charge in [0.1, 0.15) is 6.10 Å². The maximum atomic E-state index is 12.2. The van der Waals surface area contributed by atoms with Crippen LogP contribution in [0.1, 0.15) is 25.5 Å². The first kappa shape index (κ1) is 14.3. The number of carbonyl (C=O) groups excluding carboxylic acids is 1. The zero-order valence-corrected chi connectivity index (χ0v) is 12.0. The van der Waals surface area contributed by atoms with Gasteiger partial charge in [0.25, 0.3) is 0 Å². The van der Waals surface area contributed by atoms with Gasteiger partial charge in [-0.25, -0.2) is 0 Å². The molecule has 1 saturated heterocycles. The van der Waals surface area contributed by atoms with Gasteiger partial charge in [0.05, 0.1) is 18.7 Å². The normalized spacial score (nSPS) is 20.4. The fourth-order valence-electron chi connectivity index (χ4n) is 2.17. The number of hydrogen-bond acceptors (Lipinski definition) is 3. The Balaban J connectivity index is 2.14. The number of halogens is 1. The molecule has 4 nitrogen and oxygen atoms in total. The van der Waals surface area contributed by atoms with Crippen LogP contribution in [-0.4, -0.2) is 36.0 Å². The molecule has 5 heteroatoms. The van der Waals surface area contributed by atoms with E-state index in [-0.39, 0.29) is 12.0 Å². The Bertz CT molecular complexity index is 471. The van der Waals surface area contributed by atoms with Gasteiger partial charge in [-0.15, -0.1) is 0 Å². The van der Waals surface area contributed by atoms with E-state index in [1.54, 1.807) is 18.7 Å². The van der Waals surface area contributed by atoms with E-state index in [0.29, 0.717) is 24.7 Å². The quantitative estimate of drug-likeness (QED) is 0.902. The third-order valence-electron chi connectivity index (χ3n) is 3.16. The highest BCUT2D eigenvalue weighted by Gasteiger charge is 2.32. The van der Waals surface area contributed by atoms with Gasteiger partial charge in [0.2, 0.25) is 5.91 Å². The molecule has 0 spiro atoms. The second-order valence-corrected chi connectivity index (χ2v) is 5.76. The summed E-state index contributed by atoms with van der Waals surface area (Å²) in [5, 5.41) is 0.661. The number of nitrogens with zero attached hydrogens (tertiary/aromatic N) is 1. The molecule has 0 radical (unpaired) electrons. The highest BCUT2D eigenvalue weighted by Crippen LogP contribution is 2.28. The monoisotopic (exact) mass is 282 g/mol. The van der Waals surface area contributed by atoms with Crippen LogP contribution >= 0.6 is 11.6 Å². The van der Waals surface area contributed by atoms with E-state index in [1.807, 2.05) is 24.3 Å². The number of benzene rings is 1. The Morgan fingerprint density at radius 1 is 1.47 bits per heavy atom. The maximum Gasteiger partial charge on any atom is 0.242 e. The first-order chi connectivity index (χ1) is 8.89. The fourth-order valence-corrected chi connectivity index (χ4v) is 2.42. The van der Waals surface area contributed by atoms with Crippen LogP contribution in [0.5, 0.6) is 0 Å². The lowest BCUT2D eigenvalue weighted by molar-refractivity contribution is -0.143. The molecule has 0 aromatic heterocycles. The molecule has 2 N–H and O–H groups in total. The summed E-state index contributed by atoms with van der Waals surface area (Å²) in [7, 11) is 0. The molecular formula is C14H19ClN2O2. The number of hydrogen-bond donors (Lipinski definition) is 1. The summed E-state index contributed by atoms with van der Waals surface area (Å²) in [4.78, 5) is 13.9. The molecule has 0 bridgehead atoms. The van der Waals surface area contributed by atoms with Crippen molar-refractivity contribution in [2.75, 3.05) is 19.7 Å². The van der Waals surface area contributed by atoms with Crippen molar-refractivity contribution in [2.45, 2.75) is 25.5 Å². The van der Waals surface area contributed by atoms with Crippen molar-refractivity contribution in [2.24, 2.45) is 5.73 Å². The highest BCUT2D eigenvalue weighted by atomic mass is 35.5. The zero-order valence-electron chi connectivity index (χ0n) is 11.2. The van der Waals surface area contributed by atoms with Crippen molar-refractivity contribution in [1.29, 1.82) is 0 Å². The molecule has 1 aliphatic heterocycles. The highest BCUT2D eigenvalue weighted by molar-refractivity contribution is 6.31. The third-order valence-corrected chi connectivity index (χ3v) is 3.50. The minimum Gasteiger partial charge on any atom is -0.370 e. The average molecular weight is 283 g/mol. The van der Waals surface area contributed by atoms with Crippen molar-refractivity contribution in [1.82, 2.24) is 4.90 Å². The summed E-state index contributed by atoms with van der Waals surface area (Å²) in [6.45, 7) is 4.99. The van der Waals surface area contributed by atoms with Crippen LogP contribution in [0, 0.1) is 0 Å². The standard InChI is InChI=1S/C14H19ClN2O2/c1-14(2,16)13(18)17-7-8-19-12(9-17)10-5-3-4-6-11(10)15/h3-6,12H,7-9,16H2,1-2H3/t12-/m0/s1. The number of carbonyl (C=O) groups is 1. The van der Waals surface area contributed by atoms with Crippen molar-refractivity contribution in [3.63, 3.8) is 0 Å². The van der Waals surface area contributed by atoms with Crippen LogP contribution in [0.15, 0.2) is 24.3 Å². The lowest BCUT2D eigenvalue weighted by atomic mass is 10.0. The molecule has 0 saturated carbocycles. The van der Waals surface area contributed by atoms with Crippen molar-refractivity contribution in [3.05, 3.63) is 34.9 Å². The predicted octanol–water partition coefficient (Wildman–Crippen LogP) is 1.98. The summed E-state index contributed by atoms with van der Waals surface area (Å²) < 4.78 is 5.72. The number of amides is 1. The molecule has 1 amide bonds. The zero-order chi connectivity index (χ0) is 14.0. The minimum atomic E-state index is -0.859. The Hall–Kier alpha value is -1.10. The molecule has 2 rings (SSSR count). The molecule has 19 heavy (non-hydrogen) atoms. The number of morpholine rings is 1. The van der Waals surface area contributed by atoms with E-state index < -0.39 is 5.54 Å². The van der Waals surface area contributed by atoms with Gasteiger partial charge in [-0.3, -0.25) is 4.79 Å². The van der Waals surface area contributed by atoms with Gasteiger partial charge in [-0.2, -0.15) is 0 Å². The molecule has 104 valence electrons. The Morgan fingerprint density at radius 2 is 2.16 bits per heavy atom. The van der Waals surface area contributed by atoms with E-state index >= 15 is 0 Å². The molecular weight excluding hydrogens is 264 g/mol. The third kappa shape index (κ3) is 3.26. The van der Waals surface area contributed by atoms with Gasteiger partial charge in [0, 0.05) is 17.1 Å². The summed E-state index contributed by atoms with van der Waals surface area (Å²) in [5.41, 5.74) is 5.92. The van der Waals surface area contributed by atoms with Crippen molar-refractivity contribution in [3.8, 4) is 0 Å². The van der Waals surface area contributed by atoms with E-state index in [4.69, 9.17) is 22.1 Å². The van der Waals surface area contributed by atoms with Crippen LogP contribution in [0.4, 0.5) is 0 Å². The van der Waals surface area contributed by atoms with E-state index in [0.717, 1.165) is 5.56 Å². The molecule has 1 aromatic carbocycles. The van der Waals surface area contributed by atoms with Crippen molar-refractivity contribution < 1.29 is 9.53 Å². The van der Waals surface area contributed by atoms with Crippen LogP contribution in [0.2, 0.25) is 5.02 Å². The number of rotatable bonds is 2. The Morgan fingerprint density at radius 3 is 2.79 bits per heavy atom. The summed E-state index contributed by atoms with van der Waals surface area (Å²) in [5.74, 6) is -0.0622. The van der Waals surface area contributed by atoms with Crippen LogP contribution in [-0.2, 0) is 9.53 Å². The van der Waals surface area contributed by atoms with Gasteiger partial charge in [-0.05, 0) is 19.9 Å². The maximum absolute atomic E-state index is 12.2. The van der Waals surface area contributed by atoms with Crippen LogP contribution in [0.3, 0.4) is 0 Å². The molecule has 1 aromatic rings. The average Bonchev–Trinajstić information content (AvgIpc) is 2.37. The van der Waals surface area contributed by atoms with Gasteiger partial charge < -0.3 is 15.4 Å². The Labute approximate surface area is 118 Å². The molecule has 1 fully saturated rings. The van der Waals surface area contributed by atoms with Gasteiger partial charge in [-0.1, -0.05) is 29.8 Å². The van der Waals surface area contributed by atoms with Crippen LogP contribution < -0.4 is 5.73 Å². The summed E-state index contributed by atoms with van der Waals surface area (Å²) in [6.07, 6.45) is -0.186. The first-order valence-corrected chi connectivity index (χ1v) is 6.71. The smallest absolute Gasteiger partial charge is 0.242 e. The molecule has 0 aliphatic carbocycles. The summed E-state index contributed by atoms with van der Waals surface area (Å²) in [6, 6.07) is 7.54. The Kier molecular flexibility index (Phi) is 4.13. The fraction of sp³-hybridized carbons (Fsp3) is 0.500. The summed E-state index contributed by atoms with van der Waals surface area (Å²) >= 11 is 6.17. The lowest BCUT2D eigenvalue weighted by Gasteiger charge is -2.36. The molecule has 0 unspecified atom stereocenters. The van der Waals surface area contributed by atoms with Crippen molar-refractivity contribution >= 4 is 17.5 Å². The second kappa shape index (κ2) is 5.49. The minimum absolute atomic E-state index is 0.0622. The van der Waals surface area contributed by atoms with Gasteiger partial charge >= 0.3 is 0 Å². The largest absolute Gasteiger partial charge is 0.370 e. The number of nitrogens with two attached hydrogens (primary N) is 1. The second-order valence-electron chi connectivity index (χ2n) is 5.35. The topological polar surface area (TPSA) is 55.6 Å². The lowest BCUT2D eigenvalue weighted by Crippen LogP contribution is -2.54. The molecule has 1 heterocycles. The van der Waals surface area contributed by atoms with E-state index in [9.17, 15) is 4.79 Å².